The van der Waals surface area contributed by atoms with Gasteiger partial charge in [0.15, 0.2) is 5.82 Å². The van der Waals surface area contributed by atoms with E-state index in [1.54, 1.807) is 19.1 Å². The van der Waals surface area contributed by atoms with Crippen molar-refractivity contribution >= 4 is 33.5 Å². The van der Waals surface area contributed by atoms with Crippen molar-refractivity contribution in [3.8, 4) is 11.4 Å². The number of hydrogen-bond acceptors (Lipinski definition) is 4. The Morgan fingerprint density at radius 1 is 1.52 bits per heavy atom. The second kappa shape index (κ2) is 6.11. The molecule has 2 aromatic rings. The Kier molecular flexibility index (Phi) is 4.63. The molecule has 1 aromatic carbocycles. The number of rotatable bonds is 5. The summed E-state index contributed by atoms with van der Waals surface area (Å²) in [5.41, 5.74) is -0.278. The molecule has 0 saturated carbocycles. The molecule has 0 fully saturated rings. The van der Waals surface area contributed by atoms with Crippen molar-refractivity contribution < 1.29 is 9.90 Å². The minimum Gasteiger partial charge on any atom is -0.481 e. The Balaban J connectivity index is 2.41. The summed E-state index contributed by atoms with van der Waals surface area (Å²) in [6, 6.07) is 5.36. The molecule has 0 aliphatic carbocycles. The van der Waals surface area contributed by atoms with Gasteiger partial charge in [0, 0.05) is 10.0 Å². The first kappa shape index (κ1) is 15.9. The third-order valence-corrected chi connectivity index (χ3v) is 4.31. The summed E-state index contributed by atoms with van der Waals surface area (Å²) in [5, 5.41) is 21.4. The maximum absolute atomic E-state index is 11.4. The van der Waals surface area contributed by atoms with Crippen LogP contribution in [0.1, 0.15) is 20.3 Å². The number of nitrogens with zero attached hydrogens (tertiary/aromatic N) is 4. The average Bonchev–Trinajstić information content (AvgIpc) is 2.86. The largest absolute Gasteiger partial charge is 0.481 e. The summed E-state index contributed by atoms with van der Waals surface area (Å²) in [6.07, 6.45) is 0.468. The Labute approximate surface area is 135 Å². The van der Waals surface area contributed by atoms with E-state index in [4.69, 9.17) is 11.6 Å². The zero-order valence-electron chi connectivity index (χ0n) is 11.5. The van der Waals surface area contributed by atoms with Gasteiger partial charge in [-0.1, -0.05) is 34.5 Å². The van der Waals surface area contributed by atoms with Gasteiger partial charge < -0.3 is 5.11 Å². The van der Waals surface area contributed by atoms with Crippen LogP contribution in [0, 0.1) is 5.41 Å². The van der Waals surface area contributed by atoms with Crippen LogP contribution in [-0.2, 0) is 11.3 Å². The highest BCUT2D eigenvalue weighted by Crippen LogP contribution is 2.31. The average molecular weight is 374 g/mol. The van der Waals surface area contributed by atoms with Gasteiger partial charge in [0.1, 0.15) is 0 Å². The molecule has 0 radical (unpaired) electrons. The molecule has 6 nitrogen and oxygen atoms in total. The zero-order valence-corrected chi connectivity index (χ0v) is 13.9. The molecular formula is C13H14BrClN4O2. The van der Waals surface area contributed by atoms with Crippen LogP contribution in [0.4, 0.5) is 0 Å². The normalized spacial score (nSPS) is 13.9. The zero-order chi connectivity index (χ0) is 15.6. The molecular weight excluding hydrogens is 360 g/mol. The smallest absolute Gasteiger partial charge is 0.311 e. The summed E-state index contributed by atoms with van der Waals surface area (Å²) in [5.74, 6) is -0.429. The summed E-state index contributed by atoms with van der Waals surface area (Å²) >= 11 is 9.54. The molecule has 1 N–H and O–H groups in total. The van der Waals surface area contributed by atoms with E-state index in [1.165, 1.54) is 4.68 Å². The number of tetrazole rings is 1. The van der Waals surface area contributed by atoms with Crippen LogP contribution in [0.3, 0.4) is 0 Å². The monoisotopic (exact) mass is 372 g/mol. The van der Waals surface area contributed by atoms with Crippen molar-refractivity contribution in [3.63, 3.8) is 0 Å². The maximum Gasteiger partial charge on any atom is 0.311 e. The van der Waals surface area contributed by atoms with E-state index >= 15 is 0 Å². The van der Waals surface area contributed by atoms with Gasteiger partial charge in [0.2, 0.25) is 0 Å². The van der Waals surface area contributed by atoms with E-state index in [1.807, 2.05) is 13.0 Å². The molecule has 2 rings (SSSR count). The SMILES string of the molecule is CCC(C)(Cn1nnnc1-c1ccc(Br)cc1Cl)C(=O)O. The minimum atomic E-state index is -0.939. The summed E-state index contributed by atoms with van der Waals surface area (Å²) in [7, 11) is 0. The number of hydrogen-bond donors (Lipinski definition) is 1. The summed E-state index contributed by atoms with van der Waals surface area (Å²) in [6.45, 7) is 3.67. The third kappa shape index (κ3) is 3.24. The summed E-state index contributed by atoms with van der Waals surface area (Å²) in [4.78, 5) is 11.4. The van der Waals surface area contributed by atoms with Crippen LogP contribution < -0.4 is 0 Å². The first-order valence-corrected chi connectivity index (χ1v) is 7.49. The number of carbonyl (C=O) groups is 1. The molecule has 1 unspecified atom stereocenters. The van der Waals surface area contributed by atoms with Crippen LogP contribution in [0.5, 0.6) is 0 Å². The van der Waals surface area contributed by atoms with Crippen LogP contribution in [0.25, 0.3) is 11.4 Å². The van der Waals surface area contributed by atoms with Crippen molar-refractivity contribution in [3.05, 3.63) is 27.7 Å². The van der Waals surface area contributed by atoms with Crippen LogP contribution in [-0.4, -0.2) is 31.3 Å². The molecule has 0 spiro atoms. The van der Waals surface area contributed by atoms with Gasteiger partial charge in [-0.25, -0.2) is 4.68 Å². The van der Waals surface area contributed by atoms with Crippen molar-refractivity contribution in [1.29, 1.82) is 0 Å². The Hall–Kier alpha value is -1.47. The number of carboxylic acids is 1. The van der Waals surface area contributed by atoms with E-state index < -0.39 is 11.4 Å². The quantitative estimate of drug-likeness (QED) is 0.870. The van der Waals surface area contributed by atoms with Gasteiger partial charge in [-0.15, -0.1) is 5.10 Å². The fraction of sp³-hybridized carbons (Fsp3) is 0.385. The first-order chi connectivity index (χ1) is 9.87. The second-order valence-electron chi connectivity index (χ2n) is 5.00. The van der Waals surface area contributed by atoms with Gasteiger partial charge in [-0.05, 0) is 42.0 Å². The van der Waals surface area contributed by atoms with Gasteiger partial charge in [0.25, 0.3) is 0 Å². The molecule has 1 heterocycles. The Morgan fingerprint density at radius 3 is 2.81 bits per heavy atom. The molecule has 8 heteroatoms. The Morgan fingerprint density at radius 2 is 2.24 bits per heavy atom. The van der Waals surface area contributed by atoms with Crippen LogP contribution >= 0.6 is 27.5 Å². The number of halogens is 2. The molecule has 0 aliphatic heterocycles. The fourth-order valence-corrected chi connectivity index (χ4v) is 2.59. The lowest BCUT2D eigenvalue weighted by Gasteiger charge is -2.22. The number of benzene rings is 1. The number of carboxylic acid groups (broad SMARTS) is 1. The molecule has 21 heavy (non-hydrogen) atoms. The first-order valence-electron chi connectivity index (χ1n) is 6.32. The lowest BCUT2D eigenvalue weighted by molar-refractivity contribution is -0.149. The van der Waals surface area contributed by atoms with Crippen molar-refractivity contribution in [2.45, 2.75) is 26.8 Å². The van der Waals surface area contributed by atoms with Gasteiger partial charge in [0.05, 0.1) is 17.0 Å². The summed E-state index contributed by atoms with van der Waals surface area (Å²) < 4.78 is 2.33. The topological polar surface area (TPSA) is 80.9 Å². The van der Waals surface area contributed by atoms with Gasteiger partial charge in [-0.3, -0.25) is 4.79 Å². The minimum absolute atomic E-state index is 0.174. The fourth-order valence-electron chi connectivity index (χ4n) is 1.84. The third-order valence-electron chi connectivity index (χ3n) is 3.50. The predicted octanol–water partition coefficient (Wildman–Crippen LogP) is 3.26. The molecule has 1 aromatic heterocycles. The Bertz CT molecular complexity index is 676. The highest BCUT2D eigenvalue weighted by molar-refractivity contribution is 9.10. The van der Waals surface area contributed by atoms with E-state index in [2.05, 4.69) is 31.5 Å². The number of aliphatic carboxylic acids is 1. The van der Waals surface area contributed by atoms with Gasteiger partial charge in [-0.2, -0.15) is 0 Å². The van der Waals surface area contributed by atoms with E-state index in [9.17, 15) is 9.90 Å². The lowest BCUT2D eigenvalue weighted by Crippen LogP contribution is -2.32. The van der Waals surface area contributed by atoms with Gasteiger partial charge >= 0.3 is 5.97 Å². The van der Waals surface area contributed by atoms with Crippen molar-refractivity contribution in [2.75, 3.05) is 0 Å². The molecule has 0 saturated heterocycles. The van der Waals surface area contributed by atoms with Crippen LogP contribution in [0.15, 0.2) is 22.7 Å². The highest BCUT2D eigenvalue weighted by Gasteiger charge is 2.33. The predicted molar refractivity (Wildman–Crippen MR) is 82.0 cm³/mol. The molecule has 0 amide bonds. The molecule has 1 atom stereocenters. The highest BCUT2D eigenvalue weighted by atomic mass is 79.9. The van der Waals surface area contributed by atoms with E-state index in [-0.39, 0.29) is 6.54 Å². The van der Waals surface area contributed by atoms with Crippen molar-refractivity contribution in [1.82, 2.24) is 20.2 Å². The molecule has 0 aliphatic rings. The number of aromatic nitrogens is 4. The molecule has 0 bridgehead atoms. The van der Waals surface area contributed by atoms with Crippen LogP contribution in [0.2, 0.25) is 5.02 Å². The maximum atomic E-state index is 11.4. The van der Waals surface area contributed by atoms with E-state index in [0.29, 0.717) is 22.8 Å². The molecule has 112 valence electrons. The van der Waals surface area contributed by atoms with Crippen molar-refractivity contribution in [2.24, 2.45) is 5.41 Å². The second-order valence-corrected chi connectivity index (χ2v) is 6.33. The standard InChI is InChI=1S/C13H14BrClN4O2/c1-3-13(2,12(20)21)7-19-11(16-17-18-19)9-5-4-8(14)6-10(9)15/h4-6H,3,7H2,1-2H3,(H,20,21). The van der Waals surface area contributed by atoms with E-state index in [0.717, 1.165) is 4.47 Å². The lowest BCUT2D eigenvalue weighted by atomic mass is 9.88.